The first-order chi connectivity index (χ1) is 9.79. The van der Waals surface area contributed by atoms with E-state index < -0.39 is 0 Å². The first-order valence-electron chi connectivity index (χ1n) is 7.15. The summed E-state index contributed by atoms with van der Waals surface area (Å²) in [5, 5.41) is 2.38. The number of hydrogen-bond donors (Lipinski definition) is 1. The van der Waals surface area contributed by atoms with E-state index in [0.717, 1.165) is 4.90 Å². The summed E-state index contributed by atoms with van der Waals surface area (Å²) in [5.74, 6) is -0.130. The van der Waals surface area contributed by atoms with E-state index in [1.165, 1.54) is 22.2 Å². The van der Waals surface area contributed by atoms with Crippen LogP contribution in [0.5, 0.6) is 0 Å². The van der Waals surface area contributed by atoms with Gasteiger partial charge in [-0.1, -0.05) is 32.9 Å². The first kappa shape index (κ1) is 15.9. The molecule has 4 nitrogen and oxygen atoms in total. The number of thioether (sulfide) groups is 1. The molecule has 21 heavy (non-hydrogen) atoms. The third-order valence-electron chi connectivity index (χ3n) is 3.50. The fourth-order valence-corrected chi connectivity index (χ4v) is 3.12. The third kappa shape index (κ3) is 3.79. The summed E-state index contributed by atoms with van der Waals surface area (Å²) in [6.07, 6.45) is 0. The minimum Gasteiger partial charge on any atom is -0.336 e. The van der Waals surface area contributed by atoms with Gasteiger partial charge in [-0.05, 0) is 30.0 Å². The largest absolute Gasteiger partial charge is 0.336 e. The topological polar surface area (TPSA) is 49.4 Å². The van der Waals surface area contributed by atoms with E-state index in [-0.39, 0.29) is 22.6 Å². The zero-order chi connectivity index (χ0) is 15.6. The van der Waals surface area contributed by atoms with Crippen LogP contribution in [0.15, 0.2) is 29.2 Å². The second kappa shape index (κ2) is 6.10. The van der Waals surface area contributed by atoms with Crippen LogP contribution in [0.3, 0.4) is 0 Å². The maximum Gasteiger partial charge on any atom is 0.324 e. The van der Waals surface area contributed by atoms with E-state index in [2.05, 4.69) is 38.2 Å². The Labute approximate surface area is 130 Å². The van der Waals surface area contributed by atoms with Gasteiger partial charge in [-0.15, -0.1) is 11.8 Å². The second-order valence-electron chi connectivity index (χ2n) is 6.26. The summed E-state index contributed by atoms with van der Waals surface area (Å²) in [6.45, 7) is 9.37. The van der Waals surface area contributed by atoms with E-state index in [1.807, 2.05) is 19.1 Å². The highest BCUT2D eigenvalue weighted by atomic mass is 32.2. The number of nitrogens with one attached hydrogen (secondary N) is 1. The van der Waals surface area contributed by atoms with E-state index in [1.54, 1.807) is 0 Å². The standard InChI is InChI=1S/C16H22N2O2S/c1-11(14(19)18-10-9-17-15(18)20)21-13-7-5-12(6-8-13)16(2,3)4/h5-8,11H,9-10H2,1-4H3,(H,17,20)/t11-/m0/s1. The fraction of sp³-hybridized carbons (Fsp3) is 0.500. The molecule has 1 aromatic rings. The van der Waals surface area contributed by atoms with Gasteiger partial charge in [-0.3, -0.25) is 9.69 Å². The highest BCUT2D eigenvalue weighted by Crippen LogP contribution is 2.28. The zero-order valence-corrected chi connectivity index (χ0v) is 13.8. The Morgan fingerprint density at radius 1 is 1.29 bits per heavy atom. The third-order valence-corrected chi connectivity index (χ3v) is 4.60. The molecule has 0 saturated carbocycles. The molecule has 0 aliphatic carbocycles. The number of hydrogen-bond acceptors (Lipinski definition) is 3. The lowest BCUT2D eigenvalue weighted by Gasteiger charge is -2.20. The van der Waals surface area contributed by atoms with Gasteiger partial charge in [-0.2, -0.15) is 0 Å². The molecule has 1 aliphatic heterocycles. The summed E-state index contributed by atoms with van der Waals surface area (Å²) in [4.78, 5) is 26.1. The maximum absolute atomic E-state index is 12.2. The normalized spacial score (nSPS) is 16.8. The summed E-state index contributed by atoms with van der Waals surface area (Å²) >= 11 is 1.49. The minimum absolute atomic E-state index is 0.123. The van der Waals surface area contributed by atoms with Crippen LogP contribution in [-0.2, 0) is 10.2 Å². The van der Waals surface area contributed by atoms with Crippen LogP contribution in [0.1, 0.15) is 33.3 Å². The molecule has 114 valence electrons. The van der Waals surface area contributed by atoms with Gasteiger partial charge in [0, 0.05) is 18.0 Å². The molecule has 1 fully saturated rings. The molecule has 0 aromatic heterocycles. The molecule has 3 amide bonds. The Morgan fingerprint density at radius 2 is 1.90 bits per heavy atom. The van der Waals surface area contributed by atoms with Gasteiger partial charge >= 0.3 is 6.03 Å². The van der Waals surface area contributed by atoms with Crippen molar-refractivity contribution in [3.63, 3.8) is 0 Å². The number of benzene rings is 1. The highest BCUT2D eigenvalue weighted by molar-refractivity contribution is 8.00. The van der Waals surface area contributed by atoms with Crippen LogP contribution in [0.2, 0.25) is 0 Å². The molecule has 1 atom stereocenters. The predicted octanol–water partition coefficient (Wildman–Crippen LogP) is 3.02. The van der Waals surface area contributed by atoms with E-state index in [0.29, 0.717) is 13.1 Å². The van der Waals surface area contributed by atoms with Gasteiger partial charge in [0.1, 0.15) is 0 Å². The van der Waals surface area contributed by atoms with Crippen molar-refractivity contribution in [2.24, 2.45) is 0 Å². The minimum atomic E-state index is -0.282. The van der Waals surface area contributed by atoms with Crippen molar-refractivity contribution < 1.29 is 9.59 Å². The Bertz CT molecular complexity index is 534. The van der Waals surface area contributed by atoms with Gasteiger partial charge in [0.2, 0.25) is 5.91 Å². The smallest absolute Gasteiger partial charge is 0.324 e. The summed E-state index contributed by atoms with van der Waals surface area (Å²) in [7, 11) is 0. The lowest BCUT2D eigenvalue weighted by molar-refractivity contribution is -0.126. The fourth-order valence-electron chi connectivity index (χ4n) is 2.19. The molecule has 0 unspecified atom stereocenters. The van der Waals surface area contributed by atoms with Crippen molar-refractivity contribution in [3.05, 3.63) is 29.8 Å². The van der Waals surface area contributed by atoms with Gasteiger partial charge < -0.3 is 5.32 Å². The number of amides is 3. The zero-order valence-electron chi connectivity index (χ0n) is 13.0. The summed E-state index contributed by atoms with van der Waals surface area (Å²) in [5.41, 5.74) is 1.39. The lowest BCUT2D eigenvalue weighted by atomic mass is 9.87. The molecule has 0 spiro atoms. The van der Waals surface area contributed by atoms with Crippen LogP contribution < -0.4 is 5.32 Å². The van der Waals surface area contributed by atoms with Crippen molar-refractivity contribution in [2.45, 2.75) is 43.3 Å². The van der Waals surface area contributed by atoms with Crippen LogP contribution in [0, 0.1) is 0 Å². The van der Waals surface area contributed by atoms with Gasteiger partial charge in [-0.25, -0.2) is 4.79 Å². The number of nitrogens with zero attached hydrogens (tertiary/aromatic N) is 1. The van der Waals surface area contributed by atoms with Crippen LogP contribution in [0.4, 0.5) is 4.79 Å². The Kier molecular flexibility index (Phi) is 4.61. The predicted molar refractivity (Wildman–Crippen MR) is 85.6 cm³/mol. The van der Waals surface area contributed by atoms with Crippen molar-refractivity contribution in [2.75, 3.05) is 13.1 Å². The summed E-state index contributed by atoms with van der Waals surface area (Å²) < 4.78 is 0. The van der Waals surface area contributed by atoms with E-state index in [9.17, 15) is 9.59 Å². The SMILES string of the molecule is C[C@H](Sc1ccc(C(C)(C)C)cc1)C(=O)N1CCNC1=O. The Balaban J connectivity index is 2.01. The highest BCUT2D eigenvalue weighted by Gasteiger charge is 2.30. The molecule has 2 rings (SSSR count). The molecule has 1 aromatic carbocycles. The molecular weight excluding hydrogens is 284 g/mol. The molecular formula is C16H22N2O2S. The monoisotopic (exact) mass is 306 g/mol. The number of carbonyl (C=O) groups excluding carboxylic acids is 2. The number of rotatable bonds is 3. The van der Waals surface area contributed by atoms with E-state index >= 15 is 0 Å². The van der Waals surface area contributed by atoms with Crippen LogP contribution in [0.25, 0.3) is 0 Å². The molecule has 1 N–H and O–H groups in total. The van der Waals surface area contributed by atoms with Crippen molar-refractivity contribution in [1.29, 1.82) is 0 Å². The van der Waals surface area contributed by atoms with Gasteiger partial charge in [0.25, 0.3) is 0 Å². The summed E-state index contributed by atoms with van der Waals surface area (Å²) in [6, 6.07) is 8.00. The number of carbonyl (C=O) groups is 2. The molecule has 1 aliphatic rings. The number of urea groups is 1. The maximum atomic E-state index is 12.2. The van der Waals surface area contributed by atoms with Crippen molar-refractivity contribution in [3.8, 4) is 0 Å². The first-order valence-corrected chi connectivity index (χ1v) is 8.03. The van der Waals surface area contributed by atoms with Crippen molar-refractivity contribution in [1.82, 2.24) is 10.2 Å². The van der Waals surface area contributed by atoms with Gasteiger partial charge in [0.15, 0.2) is 0 Å². The second-order valence-corrected chi connectivity index (χ2v) is 7.67. The Hall–Kier alpha value is -1.49. The number of imide groups is 1. The van der Waals surface area contributed by atoms with E-state index in [4.69, 9.17) is 0 Å². The lowest BCUT2D eigenvalue weighted by Crippen LogP contribution is -2.38. The average Bonchev–Trinajstić information content (AvgIpc) is 2.83. The molecule has 0 bridgehead atoms. The average molecular weight is 306 g/mol. The molecule has 5 heteroatoms. The molecule has 1 heterocycles. The van der Waals surface area contributed by atoms with Crippen LogP contribution >= 0.6 is 11.8 Å². The Morgan fingerprint density at radius 3 is 2.38 bits per heavy atom. The molecule has 0 radical (unpaired) electrons. The van der Waals surface area contributed by atoms with Gasteiger partial charge in [0.05, 0.1) is 5.25 Å². The van der Waals surface area contributed by atoms with Crippen LogP contribution in [-0.4, -0.2) is 35.2 Å². The quantitative estimate of drug-likeness (QED) is 0.873. The van der Waals surface area contributed by atoms with Crippen molar-refractivity contribution >= 4 is 23.7 Å². The molecule has 1 saturated heterocycles.